The second-order valence-electron chi connectivity index (χ2n) is 4.83. The molecule has 0 aliphatic heterocycles. The van der Waals surface area contributed by atoms with Crippen LogP contribution in [0, 0.1) is 5.92 Å². The van der Waals surface area contributed by atoms with Crippen LogP contribution in [0.25, 0.3) is 0 Å². The highest BCUT2D eigenvalue weighted by molar-refractivity contribution is 7.59. The van der Waals surface area contributed by atoms with Crippen LogP contribution in [-0.2, 0) is 19.1 Å². The Labute approximate surface area is 125 Å². The van der Waals surface area contributed by atoms with Gasteiger partial charge in [-0.2, -0.15) is 13.5 Å². The Morgan fingerprint density at radius 1 is 1.15 bits per heavy atom. The predicted molar refractivity (Wildman–Crippen MR) is 76.6 cm³/mol. The van der Waals surface area contributed by atoms with Gasteiger partial charge in [0.15, 0.2) is 0 Å². The SMILES string of the molecule is CC(C)OC(=O)CC(O)C(=O)NC(C(=O)O)C(C)C.S. The number of rotatable bonds is 7. The molecule has 0 bridgehead atoms. The number of ether oxygens (including phenoxy) is 1. The van der Waals surface area contributed by atoms with Crippen LogP contribution in [0.4, 0.5) is 0 Å². The van der Waals surface area contributed by atoms with Gasteiger partial charge < -0.3 is 20.3 Å². The van der Waals surface area contributed by atoms with Gasteiger partial charge in [-0.25, -0.2) is 4.79 Å². The van der Waals surface area contributed by atoms with Gasteiger partial charge in [-0.15, -0.1) is 0 Å². The number of hydrogen-bond acceptors (Lipinski definition) is 5. The van der Waals surface area contributed by atoms with Gasteiger partial charge in [-0.3, -0.25) is 9.59 Å². The molecule has 0 saturated heterocycles. The second kappa shape index (κ2) is 9.60. The number of aliphatic hydroxyl groups excluding tert-OH is 1. The van der Waals surface area contributed by atoms with Crippen molar-refractivity contribution in [1.82, 2.24) is 5.32 Å². The summed E-state index contributed by atoms with van der Waals surface area (Å²) in [4.78, 5) is 33.7. The van der Waals surface area contributed by atoms with Gasteiger partial charge in [0.2, 0.25) is 5.91 Å². The Bertz CT molecular complexity index is 345. The number of carbonyl (C=O) groups excluding carboxylic acids is 2. The molecule has 0 aromatic heterocycles. The lowest BCUT2D eigenvalue weighted by atomic mass is 10.0. The predicted octanol–water partition coefficient (Wildman–Crippen LogP) is 0.0272. The number of carbonyl (C=O) groups is 3. The van der Waals surface area contributed by atoms with E-state index in [1.54, 1.807) is 27.7 Å². The molecule has 2 unspecified atom stereocenters. The van der Waals surface area contributed by atoms with E-state index in [4.69, 9.17) is 9.84 Å². The van der Waals surface area contributed by atoms with Crippen molar-refractivity contribution in [2.45, 2.75) is 52.4 Å². The van der Waals surface area contributed by atoms with E-state index in [-0.39, 0.29) is 25.5 Å². The van der Waals surface area contributed by atoms with E-state index >= 15 is 0 Å². The van der Waals surface area contributed by atoms with Crippen molar-refractivity contribution in [3.05, 3.63) is 0 Å². The van der Waals surface area contributed by atoms with E-state index in [0.29, 0.717) is 0 Å². The molecule has 0 aliphatic carbocycles. The first-order valence-electron chi connectivity index (χ1n) is 6.05. The number of aliphatic carboxylic acids is 1. The van der Waals surface area contributed by atoms with E-state index in [1.807, 2.05) is 0 Å². The average Bonchev–Trinajstić information content (AvgIpc) is 2.22. The fourth-order valence-electron chi connectivity index (χ4n) is 1.32. The molecule has 118 valence electrons. The highest BCUT2D eigenvalue weighted by Gasteiger charge is 2.28. The molecule has 0 spiro atoms. The molecule has 8 heteroatoms. The van der Waals surface area contributed by atoms with Crippen LogP contribution in [0.1, 0.15) is 34.1 Å². The molecule has 1 amide bonds. The largest absolute Gasteiger partial charge is 0.480 e. The van der Waals surface area contributed by atoms with Crippen LogP contribution in [0.2, 0.25) is 0 Å². The zero-order chi connectivity index (χ0) is 15.2. The number of esters is 1. The lowest BCUT2D eigenvalue weighted by Crippen LogP contribution is -2.48. The van der Waals surface area contributed by atoms with E-state index in [0.717, 1.165) is 0 Å². The molecule has 0 fully saturated rings. The maximum Gasteiger partial charge on any atom is 0.326 e. The summed E-state index contributed by atoms with van der Waals surface area (Å²) < 4.78 is 4.78. The monoisotopic (exact) mass is 309 g/mol. The summed E-state index contributed by atoms with van der Waals surface area (Å²) in [6, 6.07) is -1.11. The fraction of sp³-hybridized carbons (Fsp3) is 0.750. The van der Waals surface area contributed by atoms with Crippen molar-refractivity contribution in [3.8, 4) is 0 Å². The number of amides is 1. The molecule has 0 radical (unpaired) electrons. The van der Waals surface area contributed by atoms with Gasteiger partial charge in [0, 0.05) is 0 Å². The zero-order valence-electron chi connectivity index (χ0n) is 12.0. The van der Waals surface area contributed by atoms with E-state index in [9.17, 15) is 19.5 Å². The first-order chi connectivity index (χ1) is 8.65. The lowest BCUT2D eigenvalue weighted by Gasteiger charge is -2.19. The first-order valence-corrected chi connectivity index (χ1v) is 6.05. The quantitative estimate of drug-likeness (QED) is 0.572. The third kappa shape index (κ3) is 8.00. The molecule has 0 aromatic rings. The van der Waals surface area contributed by atoms with Gasteiger partial charge >= 0.3 is 11.9 Å². The molecule has 20 heavy (non-hydrogen) atoms. The highest BCUT2D eigenvalue weighted by atomic mass is 32.1. The fourth-order valence-corrected chi connectivity index (χ4v) is 1.32. The number of carboxylic acid groups (broad SMARTS) is 1. The maximum atomic E-state index is 11.6. The summed E-state index contributed by atoms with van der Waals surface area (Å²) in [6.07, 6.45) is -2.47. The minimum absolute atomic E-state index is 0. The molecule has 0 aromatic carbocycles. The number of hydrogen-bond donors (Lipinski definition) is 3. The summed E-state index contributed by atoms with van der Waals surface area (Å²) >= 11 is 0. The van der Waals surface area contributed by atoms with Crippen molar-refractivity contribution >= 4 is 31.3 Å². The Morgan fingerprint density at radius 3 is 2.00 bits per heavy atom. The van der Waals surface area contributed by atoms with E-state index < -0.39 is 36.4 Å². The molecule has 0 saturated carbocycles. The molecule has 0 rings (SSSR count). The lowest BCUT2D eigenvalue weighted by molar-refractivity contribution is -0.153. The molecular weight excluding hydrogens is 286 g/mol. The zero-order valence-corrected chi connectivity index (χ0v) is 13.0. The van der Waals surface area contributed by atoms with Gasteiger partial charge in [-0.05, 0) is 19.8 Å². The summed E-state index contributed by atoms with van der Waals surface area (Å²) in [5.74, 6) is -3.15. The Hall–Kier alpha value is -1.28. The van der Waals surface area contributed by atoms with Crippen molar-refractivity contribution < 1.29 is 29.3 Å². The summed E-state index contributed by atoms with van der Waals surface area (Å²) in [5.41, 5.74) is 0. The van der Waals surface area contributed by atoms with E-state index in [1.165, 1.54) is 0 Å². The minimum Gasteiger partial charge on any atom is -0.480 e. The summed E-state index contributed by atoms with van der Waals surface area (Å²) in [5, 5.41) is 20.6. The second-order valence-corrected chi connectivity index (χ2v) is 4.83. The smallest absolute Gasteiger partial charge is 0.326 e. The van der Waals surface area contributed by atoms with Crippen molar-refractivity contribution in [3.63, 3.8) is 0 Å². The van der Waals surface area contributed by atoms with Gasteiger partial charge in [-0.1, -0.05) is 13.8 Å². The van der Waals surface area contributed by atoms with Crippen LogP contribution in [0.5, 0.6) is 0 Å². The molecular formula is C12H23NO6S. The normalized spacial score (nSPS) is 13.3. The van der Waals surface area contributed by atoms with Gasteiger partial charge in [0.1, 0.15) is 12.1 Å². The molecule has 0 heterocycles. The third-order valence-corrected chi connectivity index (χ3v) is 2.26. The molecule has 3 N–H and O–H groups in total. The van der Waals surface area contributed by atoms with Crippen molar-refractivity contribution in [2.24, 2.45) is 5.92 Å². The topological polar surface area (TPSA) is 113 Å². The number of carboxylic acids is 1. The molecule has 2 atom stereocenters. The number of nitrogens with one attached hydrogen (secondary N) is 1. The summed E-state index contributed by atoms with van der Waals surface area (Å²) in [7, 11) is 0. The van der Waals surface area contributed by atoms with E-state index in [2.05, 4.69) is 5.32 Å². The maximum absolute atomic E-state index is 11.6. The Kier molecular flexibility index (Phi) is 10.1. The average molecular weight is 309 g/mol. The van der Waals surface area contributed by atoms with Crippen LogP contribution >= 0.6 is 13.5 Å². The van der Waals surface area contributed by atoms with Crippen molar-refractivity contribution in [1.29, 1.82) is 0 Å². The Balaban J connectivity index is 0. The Morgan fingerprint density at radius 2 is 1.65 bits per heavy atom. The van der Waals surface area contributed by atoms with Crippen molar-refractivity contribution in [2.75, 3.05) is 0 Å². The van der Waals surface area contributed by atoms with Gasteiger partial charge in [0.05, 0.1) is 12.5 Å². The van der Waals surface area contributed by atoms with Crippen LogP contribution in [-0.4, -0.2) is 46.3 Å². The molecule has 7 nitrogen and oxygen atoms in total. The highest BCUT2D eigenvalue weighted by Crippen LogP contribution is 2.04. The van der Waals surface area contributed by atoms with Crippen LogP contribution in [0.15, 0.2) is 0 Å². The van der Waals surface area contributed by atoms with Crippen LogP contribution in [0.3, 0.4) is 0 Å². The van der Waals surface area contributed by atoms with Gasteiger partial charge in [0.25, 0.3) is 0 Å². The van der Waals surface area contributed by atoms with Crippen LogP contribution < -0.4 is 5.32 Å². The standard InChI is InChI=1S/C12H21NO6.H2S/c1-6(2)10(12(17)18)13-11(16)8(14)5-9(15)19-7(3)4;/h6-8,10,14H,5H2,1-4H3,(H,13,16)(H,17,18);1H2. The minimum atomic E-state index is -1.62. The molecule has 0 aliphatic rings. The summed E-state index contributed by atoms with van der Waals surface area (Å²) in [6.45, 7) is 6.53. The first kappa shape index (κ1) is 21.0. The third-order valence-electron chi connectivity index (χ3n) is 2.26. The number of aliphatic hydroxyl groups is 1.